The van der Waals surface area contributed by atoms with Gasteiger partial charge in [-0.25, -0.2) is 4.39 Å². The van der Waals surface area contributed by atoms with E-state index in [9.17, 15) is 4.39 Å². The summed E-state index contributed by atoms with van der Waals surface area (Å²) >= 11 is 8.19. The maximum atomic E-state index is 14.5. The van der Waals surface area contributed by atoms with E-state index in [0.717, 1.165) is 32.6 Å². The summed E-state index contributed by atoms with van der Waals surface area (Å²) in [6.45, 7) is 8.03. The average Bonchev–Trinajstić information content (AvgIpc) is 2.49. The molecule has 1 aromatic carbocycles. The molecule has 0 spiro atoms. The normalized spacial score (nSPS) is 17.8. The topological polar surface area (TPSA) is 32.5 Å². The van der Waals surface area contributed by atoms with E-state index in [4.69, 9.17) is 18.0 Å². The van der Waals surface area contributed by atoms with Crippen molar-refractivity contribution in [2.45, 2.75) is 26.3 Å². The molecule has 2 rings (SSSR count). The standard InChI is InChI=1S/C15H21BrFN3S/c1-3-10(2)19-6-8-20(9-7-19)12-5-4-11(15(18)21)13(16)14(12)17/h4-5,10H,3,6-9H2,1-2H3,(H2,18,21). The monoisotopic (exact) mass is 373 g/mol. The van der Waals surface area contributed by atoms with Crippen LogP contribution in [0.25, 0.3) is 0 Å². The summed E-state index contributed by atoms with van der Waals surface area (Å²) in [5.74, 6) is -0.280. The number of thiocarbonyl (C=S) groups is 1. The van der Waals surface area contributed by atoms with Gasteiger partial charge in [0.25, 0.3) is 0 Å². The SMILES string of the molecule is CCC(C)N1CCN(c2ccc(C(N)=S)c(Br)c2F)CC1. The Balaban J connectivity index is 2.14. The summed E-state index contributed by atoms with van der Waals surface area (Å²) in [7, 11) is 0. The molecule has 1 aliphatic heterocycles. The highest BCUT2D eigenvalue weighted by Crippen LogP contribution is 2.30. The maximum Gasteiger partial charge on any atom is 0.161 e. The van der Waals surface area contributed by atoms with Gasteiger partial charge in [0.2, 0.25) is 0 Å². The van der Waals surface area contributed by atoms with E-state index < -0.39 is 0 Å². The van der Waals surface area contributed by atoms with Crippen LogP contribution >= 0.6 is 28.1 Å². The predicted molar refractivity (Wildman–Crippen MR) is 93.5 cm³/mol. The highest BCUT2D eigenvalue weighted by molar-refractivity contribution is 9.10. The van der Waals surface area contributed by atoms with Gasteiger partial charge >= 0.3 is 0 Å². The number of halogens is 2. The molecule has 116 valence electrons. The molecular formula is C15H21BrFN3S. The second kappa shape index (κ2) is 7.03. The number of benzene rings is 1. The summed E-state index contributed by atoms with van der Waals surface area (Å²) in [4.78, 5) is 4.74. The second-order valence-electron chi connectivity index (χ2n) is 5.40. The molecule has 0 radical (unpaired) electrons. The number of rotatable bonds is 4. The van der Waals surface area contributed by atoms with E-state index in [1.807, 2.05) is 0 Å². The van der Waals surface area contributed by atoms with Crippen molar-refractivity contribution in [1.29, 1.82) is 0 Å². The Morgan fingerprint density at radius 3 is 2.52 bits per heavy atom. The minimum absolute atomic E-state index is 0.203. The van der Waals surface area contributed by atoms with Crippen LogP contribution in [0.5, 0.6) is 0 Å². The zero-order valence-corrected chi connectivity index (χ0v) is 14.8. The van der Waals surface area contributed by atoms with Crippen molar-refractivity contribution < 1.29 is 4.39 Å². The van der Waals surface area contributed by atoms with E-state index in [1.165, 1.54) is 0 Å². The van der Waals surface area contributed by atoms with Crippen LogP contribution in [0.2, 0.25) is 0 Å². The Morgan fingerprint density at radius 1 is 1.38 bits per heavy atom. The molecule has 6 heteroatoms. The van der Waals surface area contributed by atoms with E-state index >= 15 is 0 Å². The van der Waals surface area contributed by atoms with Crippen LogP contribution in [-0.4, -0.2) is 42.1 Å². The van der Waals surface area contributed by atoms with E-state index in [2.05, 4.69) is 39.6 Å². The van der Waals surface area contributed by atoms with Crippen LogP contribution < -0.4 is 10.6 Å². The summed E-state index contributed by atoms with van der Waals surface area (Å²) in [5.41, 5.74) is 6.76. The predicted octanol–water partition coefficient (Wildman–Crippen LogP) is 3.14. The first-order valence-corrected chi connectivity index (χ1v) is 8.42. The molecule has 1 aliphatic rings. The van der Waals surface area contributed by atoms with Crippen LogP contribution in [-0.2, 0) is 0 Å². The van der Waals surface area contributed by atoms with Gasteiger partial charge in [0.1, 0.15) is 4.99 Å². The van der Waals surface area contributed by atoms with Gasteiger partial charge in [-0.2, -0.15) is 0 Å². The van der Waals surface area contributed by atoms with Crippen molar-refractivity contribution in [3.63, 3.8) is 0 Å². The Hall–Kier alpha value is -0.720. The average molecular weight is 374 g/mol. The maximum absolute atomic E-state index is 14.5. The first-order valence-electron chi connectivity index (χ1n) is 7.22. The lowest BCUT2D eigenvalue weighted by molar-refractivity contribution is 0.192. The molecule has 1 fully saturated rings. The third kappa shape index (κ3) is 3.55. The number of nitrogens with zero attached hydrogens (tertiary/aromatic N) is 2. The molecule has 0 aliphatic carbocycles. The van der Waals surface area contributed by atoms with Gasteiger partial charge in [0.15, 0.2) is 5.82 Å². The molecule has 0 bridgehead atoms. The first kappa shape index (κ1) is 16.6. The van der Waals surface area contributed by atoms with Crippen LogP contribution in [0.15, 0.2) is 16.6 Å². The minimum atomic E-state index is -0.280. The largest absolute Gasteiger partial charge is 0.389 e. The quantitative estimate of drug-likeness (QED) is 0.821. The molecule has 1 aromatic rings. The Morgan fingerprint density at radius 2 is 2.00 bits per heavy atom. The van der Waals surface area contributed by atoms with E-state index in [1.54, 1.807) is 12.1 Å². The van der Waals surface area contributed by atoms with Gasteiger partial charge in [-0.1, -0.05) is 19.1 Å². The van der Waals surface area contributed by atoms with Gasteiger partial charge < -0.3 is 10.6 Å². The highest BCUT2D eigenvalue weighted by atomic mass is 79.9. The summed E-state index contributed by atoms with van der Waals surface area (Å²) in [6, 6.07) is 4.14. The van der Waals surface area contributed by atoms with Gasteiger partial charge in [-0.15, -0.1) is 0 Å². The number of piperazine rings is 1. The number of anilines is 1. The molecule has 1 heterocycles. The summed E-state index contributed by atoms with van der Waals surface area (Å²) in [6.07, 6.45) is 1.14. The lowest BCUT2D eigenvalue weighted by atomic mass is 10.1. The van der Waals surface area contributed by atoms with Crippen molar-refractivity contribution in [3.8, 4) is 0 Å². The molecule has 1 saturated heterocycles. The summed E-state index contributed by atoms with van der Waals surface area (Å²) < 4.78 is 14.9. The molecule has 21 heavy (non-hydrogen) atoms. The fourth-order valence-corrected chi connectivity index (χ4v) is 3.49. The Labute approximate surface area is 139 Å². The molecule has 0 amide bonds. The fourth-order valence-electron chi connectivity index (χ4n) is 2.64. The first-order chi connectivity index (χ1) is 9.95. The minimum Gasteiger partial charge on any atom is -0.389 e. The van der Waals surface area contributed by atoms with Crippen molar-refractivity contribution >= 4 is 38.8 Å². The Kier molecular flexibility index (Phi) is 5.57. The lowest BCUT2D eigenvalue weighted by Gasteiger charge is -2.39. The molecule has 1 unspecified atom stereocenters. The fraction of sp³-hybridized carbons (Fsp3) is 0.533. The summed E-state index contributed by atoms with van der Waals surface area (Å²) in [5, 5.41) is 0. The van der Waals surface area contributed by atoms with Crippen LogP contribution in [0, 0.1) is 5.82 Å². The lowest BCUT2D eigenvalue weighted by Crippen LogP contribution is -2.49. The number of hydrogen-bond donors (Lipinski definition) is 1. The second-order valence-corrected chi connectivity index (χ2v) is 6.64. The van der Waals surface area contributed by atoms with Crippen molar-refractivity contribution in [1.82, 2.24) is 4.90 Å². The van der Waals surface area contributed by atoms with Crippen LogP contribution in [0.1, 0.15) is 25.8 Å². The smallest absolute Gasteiger partial charge is 0.161 e. The van der Waals surface area contributed by atoms with Crippen LogP contribution in [0.4, 0.5) is 10.1 Å². The molecule has 0 aromatic heterocycles. The molecule has 0 saturated carbocycles. The van der Waals surface area contributed by atoms with Crippen LogP contribution in [0.3, 0.4) is 0 Å². The molecule has 1 atom stereocenters. The van der Waals surface area contributed by atoms with Gasteiger partial charge in [0.05, 0.1) is 10.2 Å². The molecular weight excluding hydrogens is 353 g/mol. The van der Waals surface area contributed by atoms with Gasteiger partial charge in [-0.3, -0.25) is 4.90 Å². The van der Waals surface area contributed by atoms with Crippen molar-refractivity contribution in [2.24, 2.45) is 5.73 Å². The zero-order chi connectivity index (χ0) is 15.6. The van der Waals surface area contributed by atoms with E-state index in [-0.39, 0.29) is 10.8 Å². The van der Waals surface area contributed by atoms with E-state index in [0.29, 0.717) is 21.8 Å². The number of hydrogen-bond acceptors (Lipinski definition) is 3. The molecule has 2 N–H and O–H groups in total. The van der Waals surface area contributed by atoms with Crippen molar-refractivity contribution in [2.75, 3.05) is 31.1 Å². The van der Waals surface area contributed by atoms with Gasteiger partial charge in [-0.05, 0) is 41.4 Å². The zero-order valence-electron chi connectivity index (χ0n) is 12.4. The molecule has 3 nitrogen and oxygen atoms in total. The number of nitrogens with two attached hydrogens (primary N) is 1. The third-order valence-electron chi connectivity index (χ3n) is 4.20. The third-order valence-corrected chi connectivity index (χ3v) is 5.19. The highest BCUT2D eigenvalue weighted by Gasteiger charge is 2.23. The van der Waals surface area contributed by atoms with Gasteiger partial charge in [0, 0.05) is 37.8 Å². The Bertz CT molecular complexity index is 530. The van der Waals surface area contributed by atoms with Crippen molar-refractivity contribution in [3.05, 3.63) is 28.0 Å².